The van der Waals surface area contributed by atoms with Gasteiger partial charge in [0, 0.05) is 0 Å². The molecule has 0 spiro atoms. The first-order valence-electron chi connectivity index (χ1n) is 17.8. The summed E-state index contributed by atoms with van der Waals surface area (Å²) in [5, 5.41) is 20.5. The highest BCUT2D eigenvalue weighted by Gasteiger charge is 2.23. The number of ether oxygens (including phenoxy) is 10. The lowest BCUT2D eigenvalue weighted by atomic mass is 10.2. The van der Waals surface area contributed by atoms with Crippen LogP contribution in [0.4, 0.5) is 0 Å². The highest BCUT2D eigenvalue weighted by molar-refractivity contribution is 5.29. The van der Waals surface area contributed by atoms with Crippen LogP contribution in [0.15, 0.2) is 97.1 Å². The Morgan fingerprint density at radius 1 is 0.434 bits per heavy atom. The van der Waals surface area contributed by atoms with Gasteiger partial charge < -0.3 is 57.6 Å². The number of aliphatic hydroxyl groups excluding tert-OH is 2. The van der Waals surface area contributed by atoms with E-state index >= 15 is 0 Å². The van der Waals surface area contributed by atoms with E-state index in [9.17, 15) is 10.2 Å². The van der Waals surface area contributed by atoms with Crippen LogP contribution in [0.25, 0.3) is 0 Å². The molecule has 6 rings (SSSR count). The molecule has 0 saturated carbocycles. The summed E-state index contributed by atoms with van der Waals surface area (Å²) < 4.78 is 55.6. The molecule has 4 atom stereocenters. The normalized spacial score (nSPS) is 17.2. The van der Waals surface area contributed by atoms with E-state index in [4.69, 9.17) is 47.4 Å². The Bertz CT molecular complexity index is 1470. The molecule has 4 unspecified atom stereocenters. The predicted octanol–water partition coefficient (Wildman–Crippen LogP) is 4.85. The van der Waals surface area contributed by atoms with E-state index in [0.717, 1.165) is 47.0 Å². The number of epoxide rings is 2. The molecule has 0 aliphatic carbocycles. The summed E-state index contributed by atoms with van der Waals surface area (Å²) in [5.41, 5.74) is 3.92. The molecule has 284 valence electrons. The van der Waals surface area contributed by atoms with Crippen LogP contribution in [0.3, 0.4) is 0 Å². The van der Waals surface area contributed by atoms with E-state index in [1.807, 2.05) is 97.1 Å². The molecule has 12 nitrogen and oxygen atoms in total. The molecule has 0 bridgehead atoms. The van der Waals surface area contributed by atoms with Gasteiger partial charge in [0.1, 0.15) is 80.6 Å². The summed E-state index contributed by atoms with van der Waals surface area (Å²) in [7, 11) is 0. The van der Waals surface area contributed by atoms with Crippen molar-refractivity contribution in [2.24, 2.45) is 0 Å². The molecule has 53 heavy (non-hydrogen) atoms. The lowest BCUT2D eigenvalue weighted by molar-refractivity contribution is -0.0689. The fourth-order valence-electron chi connectivity index (χ4n) is 4.92. The van der Waals surface area contributed by atoms with E-state index in [1.165, 1.54) is 0 Å². The summed E-state index contributed by atoms with van der Waals surface area (Å²) in [6.07, 6.45) is -1.07. The minimum Gasteiger partial charge on any atom is -0.491 e. The molecule has 2 aliphatic heterocycles. The Morgan fingerprint density at radius 3 is 1.06 bits per heavy atom. The Labute approximate surface area is 310 Å². The average Bonchev–Trinajstić information content (AvgIpc) is 4.13. The molecule has 2 heterocycles. The lowest BCUT2D eigenvalue weighted by Gasteiger charge is -2.14. The van der Waals surface area contributed by atoms with Crippen molar-refractivity contribution < 1.29 is 57.6 Å². The van der Waals surface area contributed by atoms with Gasteiger partial charge in [-0.2, -0.15) is 0 Å². The Kier molecular flexibility index (Phi) is 15.1. The molecule has 0 radical (unpaired) electrons. The van der Waals surface area contributed by atoms with Gasteiger partial charge in [0.2, 0.25) is 0 Å². The van der Waals surface area contributed by atoms with Crippen molar-refractivity contribution in [1.29, 1.82) is 0 Å². The van der Waals surface area contributed by atoms with Crippen molar-refractivity contribution in [2.45, 2.75) is 50.8 Å². The standard InChI is InChI=1S/C41H48O12/c42-34(21-44-17-30-1-13-38(14-2-30)50-25-40-27-52-40)23-48-36-9-5-32(6-10-36)19-46-29-47-20-33-7-11-37(12-8-33)49-24-35(43)22-45-18-31-3-15-39(16-4-31)51-26-41-28-53-41/h1-16,34-35,40-43H,17-29H2. The number of hydrogen-bond acceptors (Lipinski definition) is 12. The number of aliphatic hydroxyl groups is 2. The molecular weight excluding hydrogens is 684 g/mol. The van der Waals surface area contributed by atoms with Gasteiger partial charge in [0.05, 0.1) is 52.9 Å². The molecule has 12 heteroatoms. The van der Waals surface area contributed by atoms with Gasteiger partial charge >= 0.3 is 0 Å². The fourth-order valence-corrected chi connectivity index (χ4v) is 4.92. The van der Waals surface area contributed by atoms with Gasteiger partial charge in [-0.15, -0.1) is 0 Å². The Morgan fingerprint density at radius 2 is 0.736 bits per heavy atom. The number of benzene rings is 4. The lowest BCUT2D eigenvalue weighted by Crippen LogP contribution is -2.23. The third-order valence-corrected chi connectivity index (χ3v) is 8.12. The van der Waals surface area contributed by atoms with Crippen LogP contribution in [0.1, 0.15) is 22.3 Å². The first kappa shape index (κ1) is 38.5. The second kappa shape index (κ2) is 20.9. The van der Waals surface area contributed by atoms with Crippen LogP contribution in [-0.2, 0) is 54.8 Å². The van der Waals surface area contributed by atoms with Crippen LogP contribution in [-0.4, -0.2) is 94.3 Å². The summed E-state index contributed by atoms with van der Waals surface area (Å²) in [6, 6.07) is 30.4. The van der Waals surface area contributed by atoms with Gasteiger partial charge in [-0.05, 0) is 70.8 Å². The van der Waals surface area contributed by atoms with Crippen molar-refractivity contribution in [1.82, 2.24) is 0 Å². The zero-order valence-electron chi connectivity index (χ0n) is 29.7. The second-order valence-electron chi connectivity index (χ2n) is 12.9. The molecule has 2 N–H and O–H groups in total. The predicted molar refractivity (Wildman–Crippen MR) is 193 cm³/mol. The zero-order valence-corrected chi connectivity index (χ0v) is 29.7. The third-order valence-electron chi connectivity index (χ3n) is 8.12. The van der Waals surface area contributed by atoms with E-state index < -0.39 is 12.2 Å². The van der Waals surface area contributed by atoms with Gasteiger partial charge in [-0.3, -0.25) is 0 Å². The first-order valence-corrected chi connectivity index (χ1v) is 17.8. The fraction of sp³-hybridized carbons (Fsp3) is 0.415. The maximum Gasteiger partial charge on any atom is 0.147 e. The SMILES string of the molecule is OC(COCc1ccc(OCC2CO2)cc1)COc1ccc(COCOCc2ccc(OCC(O)COCc3ccc(OCC4CO4)cc3)cc2)cc1. The molecule has 2 saturated heterocycles. The zero-order chi connectivity index (χ0) is 36.5. The minimum absolute atomic E-state index is 0.119. The molecule has 0 amide bonds. The highest BCUT2D eigenvalue weighted by Crippen LogP contribution is 2.19. The maximum atomic E-state index is 10.3. The van der Waals surface area contributed by atoms with Crippen LogP contribution in [0.2, 0.25) is 0 Å². The topological polar surface area (TPSA) is 139 Å². The molecular formula is C41H48O12. The van der Waals surface area contributed by atoms with Crippen LogP contribution >= 0.6 is 0 Å². The molecule has 2 aliphatic rings. The maximum absolute atomic E-state index is 10.3. The van der Waals surface area contributed by atoms with Gasteiger partial charge in [-0.1, -0.05) is 48.5 Å². The smallest absolute Gasteiger partial charge is 0.147 e. The summed E-state index contributed by atoms with van der Waals surface area (Å²) in [5.74, 6) is 2.89. The first-order chi connectivity index (χ1) is 26.0. The van der Waals surface area contributed by atoms with E-state index in [2.05, 4.69) is 0 Å². The van der Waals surface area contributed by atoms with Crippen LogP contribution in [0, 0.1) is 0 Å². The molecule has 0 aromatic heterocycles. The Hall–Kier alpha value is -4.24. The van der Waals surface area contributed by atoms with Gasteiger partial charge in [0.25, 0.3) is 0 Å². The second-order valence-corrected chi connectivity index (χ2v) is 12.9. The average molecular weight is 733 g/mol. The third kappa shape index (κ3) is 15.0. The van der Waals surface area contributed by atoms with Gasteiger partial charge in [-0.25, -0.2) is 0 Å². The van der Waals surface area contributed by atoms with E-state index in [1.54, 1.807) is 0 Å². The molecule has 4 aromatic rings. The van der Waals surface area contributed by atoms with Crippen molar-refractivity contribution in [3.05, 3.63) is 119 Å². The molecule has 4 aromatic carbocycles. The van der Waals surface area contributed by atoms with Crippen molar-refractivity contribution in [3.63, 3.8) is 0 Å². The van der Waals surface area contributed by atoms with Crippen molar-refractivity contribution >= 4 is 0 Å². The quantitative estimate of drug-likeness (QED) is 0.0519. The van der Waals surface area contributed by atoms with Crippen molar-refractivity contribution in [2.75, 3.05) is 59.6 Å². The summed E-state index contributed by atoms with van der Waals surface area (Å²) in [4.78, 5) is 0. The van der Waals surface area contributed by atoms with E-state index in [-0.39, 0.29) is 45.4 Å². The Balaban J connectivity index is 0.759. The monoisotopic (exact) mass is 732 g/mol. The van der Waals surface area contributed by atoms with E-state index in [0.29, 0.717) is 51.1 Å². The molecule has 2 fully saturated rings. The van der Waals surface area contributed by atoms with Gasteiger partial charge in [0.15, 0.2) is 0 Å². The van der Waals surface area contributed by atoms with Crippen LogP contribution < -0.4 is 18.9 Å². The number of hydrogen-bond donors (Lipinski definition) is 2. The minimum atomic E-state index is -0.757. The summed E-state index contributed by atoms with van der Waals surface area (Å²) in [6.45, 7) is 4.92. The number of rotatable bonds is 26. The summed E-state index contributed by atoms with van der Waals surface area (Å²) >= 11 is 0. The van der Waals surface area contributed by atoms with Crippen molar-refractivity contribution in [3.8, 4) is 23.0 Å². The largest absolute Gasteiger partial charge is 0.491 e. The van der Waals surface area contributed by atoms with Crippen LogP contribution in [0.5, 0.6) is 23.0 Å². The highest BCUT2D eigenvalue weighted by atomic mass is 16.7.